The third kappa shape index (κ3) is 3.79. The van der Waals surface area contributed by atoms with Gasteiger partial charge >= 0.3 is 0 Å². The number of piperidine rings is 1. The number of hydrogen-bond donors (Lipinski definition) is 0. The lowest BCUT2D eigenvalue weighted by atomic mass is 10.0. The SMILES string of the molecule is CC(=O)c1ccc(C(=O)N2CCC(=Cc3cccc(C)n3)CC2)s1. The van der Waals surface area contributed by atoms with Crippen molar-refractivity contribution in [1.82, 2.24) is 9.88 Å². The van der Waals surface area contributed by atoms with E-state index in [-0.39, 0.29) is 11.7 Å². The largest absolute Gasteiger partial charge is 0.337 e. The maximum absolute atomic E-state index is 12.5. The van der Waals surface area contributed by atoms with Crippen LogP contribution in [0.5, 0.6) is 0 Å². The van der Waals surface area contributed by atoms with Crippen LogP contribution < -0.4 is 0 Å². The number of carbonyl (C=O) groups is 2. The van der Waals surface area contributed by atoms with E-state index in [0.717, 1.165) is 24.2 Å². The van der Waals surface area contributed by atoms with E-state index < -0.39 is 0 Å². The topological polar surface area (TPSA) is 50.3 Å². The van der Waals surface area contributed by atoms with Gasteiger partial charge in [-0.3, -0.25) is 14.6 Å². The highest BCUT2D eigenvalue weighted by Crippen LogP contribution is 2.23. The van der Waals surface area contributed by atoms with Crippen LogP contribution in [0.25, 0.3) is 6.08 Å². The van der Waals surface area contributed by atoms with E-state index >= 15 is 0 Å². The molecule has 2 aromatic rings. The Morgan fingerprint density at radius 3 is 2.46 bits per heavy atom. The Morgan fingerprint density at radius 1 is 1.12 bits per heavy atom. The summed E-state index contributed by atoms with van der Waals surface area (Å²) in [6.07, 6.45) is 3.87. The first-order chi connectivity index (χ1) is 11.5. The van der Waals surface area contributed by atoms with Crippen LogP contribution in [0.2, 0.25) is 0 Å². The van der Waals surface area contributed by atoms with Crippen molar-refractivity contribution in [2.45, 2.75) is 26.7 Å². The van der Waals surface area contributed by atoms with Crippen LogP contribution in [0, 0.1) is 6.92 Å². The molecule has 5 heteroatoms. The van der Waals surface area contributed by atoms with E-state index in [1.165, 1.54) is 23.8 Å². The maximum atomic E-state index is 12.5. The van der Waals surface area contributed by atoms with Crippen molar-refractivity contribution in [3.8, 4) is 0 Å². The van der Waals surface area contributed by atoms with E-state index in [9.17, 15) is 9.59 Å². The van der Waals surface area contributed by atoms with Gasteiger partial charge in [0, 0.05) is 18.8 Å². The Labute approximate surface area is 145 Å². The molecule has 0 atom stereocenters. The minimum absolute atomic E-state index is 0.00793. The molecule has 124 valence electrons. The Bertz CT molecular complexity index is 797. The molecule has 2 aromatic heterocycles. The highest BCUT2D eigenvalue weighted by Gasteiger charge is 2.22. The van der Waals surface area contributed by atoms with Gasteiger partial charge < -0.3 is 4.90 Å². The van der Waals surface area contributed by atoms with Crippen LogP contribution in [0.4, 0.5) is 0 Å². The zero-order chi connectivity index (χ0) is 17.1. The summed E-state index contributed by atoms with van der Waals surface area (Å²) in [4.78, 5) is 31.6. The highest BCUT2D eigenvalue weighted by molar-refractivity contribution is 7.15. The summed E-state index contributed by atoms with van der Waals surface area (Å²) in [6, 6.07) is 9.49. The third-order valence-corrected chi connectivity index (χ3v) is 5.29. The molecule has 1 saturated heterocycles. The Balaban J connectivity index is 1.64. The smallest absolute Gasteiger partial charge is 0.263 e. The minimum Gasteiger partial charge on any atom is -0.337 e. The number of likely N-dealkylation sites (tertiary alicyclic amines) is 1. The molecule has 3 rings (SSSR count). The fraction of sp³-hybridized carbons (Fsp3) is 0.316. The number of ketones is 1. The summed E-state index contributed by atoms with van der Waals surface area (Å²) in [5, 5.41) is 0. The molecule has 24 heavy (non-hydrogen) atoms. The lowest BCUT2D eigenvalue weighted by Crippen LogP contribution is -2.35. The molecule has 0 aliphatic carbocycles. The van der Waals surface area contributed by atoms with E-state index in [1.54, 1.807) is 12.1 Å². The summed E-state index contributed by atoms with van der Waals surface area (Å²) in [6.45, 7) is 4.94. The van der Waals surface area contributed by atoms with Crippen molar-refractivity contribution in [2.75, 3.05) is 13.1 Å². The number of pyridine rings is 1. The molecular weight excluding hydrogens is 320 g/mol. The highest BCUT2D eigenvalue weighted by atomic mass is 32.1. The van der Waals surface area contributed by atoms with Gasteiger partial charge in [0.1, 0.15) is 0 Å². The van der Waals surface area contributed by atoms with Crippen molar-refractivity contribution >= 4 is 29.1 Å². The summed E-state index contributed by atoms with van der Waals surface area (Å²) >= 11 is 1.28. The second-order valence-corrected chi connectivity index (χ2v) is 7.10. The van der Waals surface area contributed by atoms with Crippen molar-refractivity contribution in [3.05, 3.63) is 57.0 Å². The zero-order valence-corrected chi connectivity index (χ0v) is 14.7. The quantitative estimate of drug-likeness (QED) is 0.794. The van der Waals surface area contributed by atoms with Gasteiger partial charge in [-0.25, -0.2) is 0 Å². The normalized spacial score (nSPS) is 14.6. The first-order valence-corrected chi connectivity index (χ1v) is 8.88. The van der Waals surface area contributed by atoms with Crippen LogP contribution >= 0.6 is 11.3 Å². The van der Waals surface area contributed by atoms with E-state index in [4.69, 9.17) is 0 Å². The number of carbonyl (C=O) groups excluding carboxylic acids is 2. The molecule has 1 aliphatic heterocycles. The standard InChI is InChI=1S/C19H20N2O2S/c1-13-4-3-5-16(20-13)12-15-8-10-21(11-9-15)19(23)18-7-6-17(24-18)14(2)22/h3-7,12H,8-11H2,1-2H3. The van der Waals surface area contributed by atoms with Gasteiger partial charge in [-0.15, -0.1) is 11.3 Å². The number of aromatic nitrogens is 1. The van der Waals surface area contributed by atoms with Gasteiger partial charge in [-0.2, -0.15) is 0 Å². The number of thiophene rings is 1. The van der Waals surface area contributed by atoms with Gasteiger partial charge in [-0.05, 0) is 57.0 Å². The van der Waals surface area contributed by atoms with Crippen molar-refractivity contribution in [1.29, 1.82) is 0 Å². The summed E-state index contributed by atoms with van der Waals surface area (Å²) in [7, 11) is 0. The minimum atomic E-state index is 0.00793. The summed E-state index contributed by atoms with van der Waals surface area (Å²) < 4.78 is 0. The average molecular weight is 340 g/mol. The molecule has 1 fully saturated rings. The van der Waals surface area contributed by atoms with Crippen LogP contribution in [0.15, 0.2) is 35.9 Å². The fourth-order valence-electron chi connectivity index (χ4n) is 2.79. The maximum Gasteiger partial charge on any atom is 0.263 e. The number of amides is 1. The van der Waals surface area contributed by atoms with Gasteiger partial charge in [0.25, 0.3) is 5.91 Å². The zero-order valence-electron chi connectivity index (χ0n) is 13.9. The molecule has 0 bridgehead atoms. The number of rotatable bonds is 3. The van der Waals surface area contributed by atoms with E-state index in [1.807, 2.05) is 30.0 Å². The molecular formula is C19H20N2O2S. The van der Waals surface area contributed by atoms with Gasteiger partial charge in [0.15, 0.2) is 5.78 Å². The number of aryl methyl sites for hydroxylation is 1. The van der Waals surface area contributed by atoms with E-state index in [2.05, 4.69) is 11.1 Å². The number of hydrogen-bond acceptors (Lipinski definition) is 4. The Hall–Kier alpha value is -2.27. The molecule has 0 radical (unpaired) electrons. The monoisotopic (exact) mass is 340 g/mol. The molecule has 0 unspecified atom stereocenters. The average Bonchev–Trinajstić information content (AvgIpc) is 3.05. The van der Waals surface area contributed by atoms with Crippen LogP contribution in [0.3, 0.4) is 0 Å². The molecule has 3 heterocycles. The van der Waals surface area contributed by atoms with Gasteiger partial charge in [-0.1, -0.05) is 11.6 Å². The Kier molecular flexibility index (Phi) is 4.90. The molecule has 0 aromatic carbocycles. The lowest BCUT2D eigenvalue weighted by molar-refractivity contribution is 0.0748. The molecule has 4 nitrogen and oxygen atoms in total. The van der Waals surface area contributed by atoms with Crippen LogP contribution in [-0.4, -0.2) is 34.7 Å². The lowest BCUT2D eigenvalue weighted by Gasteiger charge is -2.28. The van der Waals surface area contributed by atoms with Crippen molar-refractivity contribution in [3.63, 3.8) is 0 Å². The summed E-state index contributed by atoms with van der Waals surface area (Å²) in [5.74, 6) is 0.0359. The van der Waals surface area contributed by atoms with E-state index in [0.29, 0.717) is 22.8 Å². The molecule has 0 N–H and O–H groups in total. The Morgan fingerprint density at radius 2 is 1.83 bits per heavy atom. The molecule has 1 amide bonds. The second kappa shape index (κ2) is 7.09. The number of nitrogens with zero attached hydrogens (tertiary/aromatic N) is 2. The predicted molar refractivity (Wildman–Crippen MR) is 96.4 cm³/mol. The van der Waals surface area contributed by atoms with Gasteiger partial charge in [0.2, 0.25) is 0 Å². The first kappa shape index (κ1) is 16.6. The second-order valence-electron chi connectivity index (χ2n) is 6.02. The van der Waals surface area contributed by atoms with Crippen LogP contribution in [-0.2, 0) is 0 Å². The predicted octanol–water partition coefficient (Wildman–Crippen LogP) is 3.97. The van der Waals surface area contributed by atoms with Gasteiger partial charge in [0.05, 0.1) is 15.4 Å². The third-order valence-electron chi connectivity index (χ3n) is 4.12. The summed E-state index contributed by atoms with van der Waals surface area (Å²) in [5.41, 5.74) is 3.32. The molecule has 0 spiro atoms. The number of Topliss-reactive ketones (excluding diaryl/α,β-unsaturated/α-hetero) is 1. The van der Waals surface area contributed by atoms with Crippen LogP contribution in [0.1, 0.15) is 50.5 Å². The molecule has 0 saturated carbocycles. The van der Waals surface area contributed by atoms with Crippen molar-refractivity contribution in [2.24, 2.45) is 0 Å². The fourth-order valence-corrected chi connectivity index (χ4v) is 3.66. The van der Waals surface area contributed by atoms with Crippen molar-refractivity contribution < 1.29 is 9.59 Å². The molecule has 1 aliphatic rings. The first-order valence-electron chi connectivity index (χ1n) is 8.06.